The fourth-order valence-electron chi connectivity index (χ4n) is 1.87. The lowest BCUT2D eigenvalue weighted by Crippen LogP contribution is -1.99. The molecular formula is C14H18N2. The standard InChI is InChI=1S/C14H18N2/c1-9(2)11-6-5-7-13-12(11)8-15-14(16-13)10(3)4/h5-10H,1-4H3. The fourth-order valence-corrected chi connectivity index (χ4v) is 1.87. The molecule has 0 amide bonds. The Morgan fingerprint density at radius 1 is 1.00 bits per heavy atom. The topological polar surface area (TPSA) is 25.8 Å². The average Bonchev–Trinajstić information content (AvgIpc) is 2.27. The van der Waals surface area contributed by atoms with Crippen LogP contribution in [0.5, 0.6) is 0 Å². The van der Waals surface area contributed by atoms with Crippen LogP contribution < -0.4 is 0 Å². The highest BCUT2D eigenvalue weighted by Crippen LogP contribution is 2.24. The molecule has 16 heavy (non-hydrogen) atoms. The third kappa shape index (κ3) is 1.92. The normalized spacial score (nSPS) is 11.6. The Bertz CT molecular complexity index is 501. The Hall–Kier alpha value is -1.44. The first kappa shape index (κ1) is 11.1. The minimum Gasteiger partial charge on any atom is -0.240 e. The van der Waals surface area contributed by atoms with E-state index in [-0.39, 0.29) is 0 Å². The molecule has 1 aromatic carbocycles. The highest BCUT2D eigenvalue weighted by atomic mass is 14.9. The Kier molecular flexibility index (Phi) is 2.90. The molecule has 0 saturated carbocycles. The number of aromatic nitrogens is 2. The number of hydrogen-bond acceptors (Lipinski definition) is 2. The van der Waals surface area contributed by atoms with Gasteiger partial charge >= 0.3 is 0 Å². The molecule has 2 rings (SSSR count). The highest BCUT2D eigenvalue weighted by Gasteiger charge is 2.08. The van der Waals surface area contributed by atoms with E-state index in [9.17, 15) is 0 Å². The summed E-state index contributed by atoms with van der Waals surface area (Å²) >= 11 is 0. The van der Waals surface area contributed by atoms with E-state index in [1.165, 1.54) is 10.9 Å². The minimum atomic E-state index is 0.382. The molecule has 0 atom stereocenters. The van der Waals surface area contributed by atoms with Gasteiger partial charge in [0.15, 0.2) is 0 Å². The van der Waals surface area contributed by atoms with E-state index in [4.69, 9.17) is 0 Å². The van der Waals surface area contributed by atoms with Crippen molar-refractivity contribution in [3.63, 3.8) is 0 Å². The molecule has 0 fully saturated rings. The van der Waals surface area contributed by atoms with Crippen molar-refractivity contribution in [1.29, 1.82) is 0 Å². The second-order valence-corrected chi connectivity index (χ2v) is 4.82. The zero-order chi connectivity index (χ0) is 11.7. The van der Waals surface area contributed by atoms with Crippen LogP contribution in [0.3, 0.4) is 0 Å². The monoisotopic (exact) mass is 214 g/mol. The van der Waals surface area contributed by atoms with E-state index >= 15 is 0 Å². The van der Waals surface area contributed by atoms with Crippen LogP contribution in [0.25, 0.3) is 10.9 Å². The van der Waals surface area contributed by atoms with Crippen molar-refractivity contribution >= 4 is 10.9 Å². The molecule has 0 aliphatic rings. The van der Waals surface area contributed by atoms with Crippen LogP contribution in [0, 0.1) is 0 Å². The van der Waals surface area contributed by atoms with Gasteiger partial charge in [-0.05, 0) is 17.5 Å². The number of hydrogen-bond donors (Lipinski definition) is 0. The summed E-state index contributed by atoms with van der Waals surface area (Å²) in [4.78, 5) is 9.04. The van der Waals surface area contributed by atoms with E-state index in [1.54, 1.807) is 0 Å². The van der Waals surface area contributed by atoms with Gasteiger partial charge in [0.1, 0.15) is 5.82 Å². The maximum Gasteiger partial charge on any atom is 0.131 e. The summed E-state index contributed by atoms with van der Waals surface area (Å²) in [6.07, 6.45) is 1.97. The van der Waals surface area contributed by atoms with Crippen LogP contribution in [0.1, 0.15) is 50.9 Å². The molecule has 0 spiro atoms. The molecule has 0 radical (unpaired) electrons. The molecule has 0 bridgehead atoms. The second kappa shape index (κ2) is 4.20. The molecule has 0 N–H and O–H groups in total. The third-order valence-corrected chi connectivity index (χ3v) is 2.82. The SMILES string of the molecule is CC(C)c1ncc2c(C(C)C)cccc2n1. The molecule has 1 heterocycles. The van der Waals surface area contributed by atoms with E-state index in [0.29, 0.717) is 11.8 Å². The first-order chi connectivity index (χ1) is 7.59. The largest absolute Gasteiger partial charge is 0.240 e. The molecule has 1 aromatic heterocycles. The van der Waals surface area contributed by atoms with E-state index in [1.807, 2.05) is 6.20 Å². The smallest absolute Gasteiger partial charge is 0.131 e. The molecule has 0 unspecified atom stereocenters. The van der Waals surface area contributed by atoms with Gasteiger partial charge in [0.2, 0.25) is 0 Å². The lowest BCUT2D eigenvalue weighted by molar-refractivity contribution is 0.781. The quantitative estimate of drug-likeness (QED) is 0.758. The zero-order valence-electron chi connectivity index (χ0n) is 10.4. The van der Waals surface area contributed by atoms with Crippen LogP contribution in [0.15, 0.2) is 24.4 Å². The van der Waals surface area contributed by atoms with E-state index in [0.717, 1.165) is 11.3 Å². The molecule has 0 aliphatic carbocycles. The minimum absolute atomic E-state index is 0.382. The van der Waals surface area contributed by atoms with E-state index < -0.39 is 0 Å². The summed E-state index contributed by atoms with van der Waals surface area (Å²) in [5.74, 6) is 1.82. The van der Waals surface area contributed by atoms with E-state index in [2.05, 4.69) is 55.9 Å². The number of rotatable bonds is 2. The molecule has 84 valence electrons. The fraction of sp³-hybridized carbons (Fsp3) is 0.429. The predicted molar refractivity (Wildman–Crippen MR) is 67.7 cm³/mol. The van der Waals surface area contributed by atoms with Gasteiger partial charge < -0.3 is 0 Å². The van der Waals surface area contributed by atoms with Crippen molar-refractivity contribution in [3.05, 3.63) is 35.8 Å². The Morgan fingerprint density at radius 2 is 1.75 bits per heavy atom. The second-order valence-electron chi connectivity index (χ2n) is 4.82. The highest BCUT2D eigenvalue weighted by molar-refractivity contribution is 5.81. The summed E-state index contributed by atoms with van der Waals surface area (Å²) in [5, 5.41) is 1.18. The molecular weight excluding hydrogens is 196 g/mol. The van der Waals surface area contributed by atoms with Crippen molar-refractivity contribution in [3.8, 4) is 0 Å². The van der Waals surface area contributed by atoms with Crippen LogP contribution in [-0.4, -0.2) is 9.97 Å². The molecule has 2 heteroatoms. The van der Waals surface area contributed by atoms with Gasteiger partial charge in [-0.25, -0.2) is 9.97 Å². The maximum atomic E-state index is 4.61. The number of benzene rings is 1. The van der Waals surface area contributed by atoms with Crippen molar-refractivity contribution in [2.75, 3.05) is 0 Å². The van der Waals surface area contributed by atoms with Crippen molar-refractivity contribution in [2.24, 2.45) is 0 Å². The number of fused-ring (bicyclic) bond motifs is 1. The van der Waals surface area contributed by atoms with Gasteiger partial charge in [-0.3, -0.25) is 0 Å². The zero-order valence-corrected chi connectivity index (χ0v) is 10.4. The van der Waals surface area contributed by atoms with Crippen LogP contribution in [0.2, 0.25) is 0 Å². The third-order valence-electron chi connectivity index (χ3n) is 2.82. The van der Waals surface area contributed by atoms with Gasteiger partial charge in [-0.1, -0.05) is 39.8 Å². The van der Waals surface area contributed by atoms with Gasteiger partial charge in [0, 0.05) is 17.5 Å². The van der Waals surface area contributed by atoms with Crippen molar-refractivity contribution in [2.45, 2.75) is 39.5 Å². The lowest BCUT2D eigenvalue weighted by atomic mass is 9.99. The predicted octanol–water partition coefficient (Wildman–Crippen LogP) is 3.88. The van der Waals surface area contributed by atoms with Crippen molar-refractivity contribution in [1.82, 2.24) is 9.97 Å². The summed E-state index contributed by atoms with van der Waals surface area (Å²) in [5.41, 5.74) is 2.39. The molecule has 2 nitrogen and oxygen atoms in total. The first-order valence-electron chi connectivity index (χ1n) is 5.85. The average molecular weight is 214 g/mol. The van der Waals surface area contributed by atoms with Crippen LogP contribution in [0.4, 0.5) is 0 Å². The van der Waals surface area contributed by atoms with Gasteiger partial charge in [-0.2, -0.15) is 0 Å². The Morgan fingerprint density at radius 3 is 2.38 bits per heavy atom. The molecule has 2 aromatic rings. The molecule has 0 saturated heterocycles. The number of nitrogens with zero attached hydrogens (tertiary/aromatic N) is 2. The first-order valence-corrected chi connectivity index (χ1v) is 5.85. The summed E-state index contributed by atoms with van der Waals surface area (Å²) in [6.45, 7) is 8.64. The summed E-state index contributed by atoms with van der Waals surface area (Å²) < 4.78 is 0. The Labute approximate surface area is 96.7 Å². The van der Waals surface area contributed by atoms with Gasteiger partial charge in [-0.15, -0.1) is 0 Å². The van der Waals surface area contributed by atoms with Crippen LogP contribution in [-0.2, 0) is 0 Å². The summed E-state index contributed by atoms with van der Waals surface area (Å²) in [7, 11) is 0. The van der Waals surface area contributed by atoms with Gasteiger partial charge in [0.25, 0.3) is 0 Å². The van der Waals surface area contributed by atoms with Gasteiger partial charge in [0.05, 0.1) is 5.52 Å². The summed E-state index contributed by atoms with van der Waals surface area (Å²) in [6, 6.07) is 6.30. The van der Waals surface area contributed by atoms with Crippen molar-refractivity contribution < 1.29 is 0 Å². The van der Waals surface area contributed by atoms with Crippen LogP contribution >= 0.6 is 0 Å². The Balaban J connectivity index is 2.64. The maximum absolute atomic E-state index is 4.61. The molecule has 0 aliphatic heterocycles. The lowest BCUT2D eigenvalue weighted by Gasteiger charge is -2.10.